The summed E-state index contributed by atoms with van der Waals surface area (Å²) in [5.74, 6) is 0.954. The van der Waals surface area contributed by atoms with Gasteiger partial charge in [0.2, 0.25) is 16.0 Å². The topological polar surface area (TPSA) is 125 Å². The third-order valence-electron chi connectivity index (χ3n) is 4.36. The fraction of sp³-hybridized carbons (Fsp3) is 0.150. The van der Waals surface area contributed by atoms with Crippen LogP contribution in [0.5, 0.6) is 0 Å². The first-order valence-electron chi connectivity index (χ1n) is 9.25. The Morgan fingerprint density at radius 3 is 2.53 bits per heavy atom. The first kappa shape index (κ1) is 19.6. The van der Waals surface area contributed by atoms with Crippen LogP contribution in [-0.2, 0) is 10.0 Å². The number of hydrogen-bond acceptors (Lipinski definition) is 7. The minimum absolute atomic E-state index is 0.0164. The molecular formula is C20H21N7O2S. The van der Waals surface area contributed by atoms with Crippen molar-refractivity contribution in [2.45, 2.75) is 13.0 Å². The molecule has 0 saturated heterocycles. The fourth-order valence-electron chi connectivity index (χ4n) is 3.03. The van der Waals surface area contributed by atoms with Crippen LogP contribution in [0.3, 0.4) is 0 Å². The normalized spacial score (nSPS) is 12.5. The Morgan fingerprint density at radius 2 is 1.77 bits per heavy atom. The predicted molar refractivity (Wildman–Crippen MR) is 118 cm³/mol. The molecule has 2 heterocycles. The largest absolute Gasteiger partial charge is 0.362 e. The number of aromatic nitrogens is 4. The number of sulfonamides is 1. The fourth-order valence-corrected chi connectivity index (χ4v) is 3.58. The summed E-state index contributed by atoms with van der Waals surface area (Å²) in [6.07, 6.45) is 2.67. The maximum absolute atomic E-state index is 11.5. The van der Waals surface area contributed by atoms with Crippen LogP contribution >= 0.6 is 0 Å². The number of fused-ring (bicyclic) bond motifs is 1. The van der Waals surface area contributed by atoms with Crippen molar-refractivity contribution in [2.75, 3.05) is 21.6 Å². The van der Waals surface area contributed by atoms with Crippen molar-refractivity contribution in [1.82, 2.24) is 19.9 Å². The molecule has 4 aromatic rings. The molecule has 4 rings (SSSR count). The SMILES string of the molecule is C[C@@H](Nc1nc(Nc2cccc(NS(C)(=O)=O)c2)nc2nc[nH]c12)c1ccccc1. The molecule has 10 heteroatoms. The summed E-state index contributed by atoms with van der Waals surface area (Å²) in [5, 5.41) is 6.52. The molecular weight excluding hydrogens is 402 g/mol. The molecule has 0 spiro atoms. The molecule has 0 fully saturated rings. The Morgan fingerprint density at radius 1 is 1.00 bits per heavy atom. The summed E-state index contributed by atoms with van der Waals surface area (Å²) in [6.45, 7) is 2.05. The van der Waals surface area contributed by atoms with E-state index >= 15 is 0 Å². The molecule has 0 aliphatic carbocycles. The number of imidazole rings is 1. The lowest BCUT2D eigenvalue weighted by molar-refractivity contribution is 0.607. The van der Waals surface area contributed by atoms with E-state index in [0.29, 0.717) is 34.3 Å². The average Bonchev–Trinajstić information content (AvgIpc) is 3.16. The first-order valence-corrected chi connectivity index (χ1v) is 11.1. The van der Waals surface area contributed by atoms with Gasteiger partial charge in [0.25, 0.3) is 0 Å². The minimum atomic E-state index is -3.37. The van der Waals surface area contributed by atoms with Crippen LogP contribution in [0.15, 0.2) is 60.9 Å². The van der Waals surface area contributed by atoms with E-state index in [1.54, 1.807) is 30.6 Å². The van der Waals surface area contributed by atoms with Gasteiger partial charge in [-0.15, -0.1) is 0 Å². The van der Waals surface area contributed by atoms with Gasteiger partial charge in [0, 0.05) is 5.69 Å². The highest BCUT2D eigenvalue weighted by Gasteiger charge is 2.14. The lowest BCUT2D eigenvalue weighted by Gasteiger charge is -2.16. The number of rotatable bonds is 7. The quantitative estimate of drug-likeness (QED) is 0.358. The number of benzene rings is 2. The Bertz CT molecular complexity index is 1270. The molecule has 1 atom stereocenters. The molecule has 0 saturated carbocycles. The summed E-state index contributed by atoms with van der Waals surface area (Å²) in [7, 11) is -3.37. The number of hydrogen-bond donors (Lipinski definition) is 4. The van der Waals surface area contributed by atoms with Crippen molar-refractivity contribution >= 4 is 44.3 Å². The highest BCUT2D eigenvalue weighted by Crippen LogP contribution is 2.26. The average molecular weight is 424 g/mol. The molecule has 0 amide bonds. The van der Waals surface area contributed by atoms with Crippen LogP contribution in [0.2, 0.25) is 0 Å². The predicted octanol–water partition coefficient (Wildman–Crippen LogP) is 3.64. The van der Waals surface area contributed by atoms with E-state index in [0.717, 1.165) is 11.8 Å². The van der Waals surface area contributed by atoms with Crippen molar-refractivity contribution in [3.63, 3.8) is 0 Å². The second kappa shape index (κ2) is 7.99. The van der Waals surface area contributed by atoms with E-state index in [-0.39, 0.29) is 6.04 Å². The van der Waals surface area contributed by atoms with Crippen molar-refractivity contribution in [2.24, 2.45) is 0 Å². The first-order chi connectivity index (χ1) is 14.4. The molecule has 0 aliphatic heterocycles. The van der Waals surface area contributed by atoms with Crippen molar-refractivity contribution in [3.05, 3.63) is 66.5 Å². The van der Waals surface area contributed by atoms with E-state index in [4.69, 9.17) is 0 Å². The van der Waals surface area contributed by atoms with Gasteiger partial charge in [-0.25, -0.2) is 13.4 Å². The molecule has 9 nitrogen and oxygen atoms in total. The van der Waals surface area contributed by atoms with Gasteiger partial charge in [-0.3, -0.25) is 4.72 Å². The van der Waals surface area contributed by atoms with Gasteiger partial charge < -0.3 is 15.6 Å². The van der Waals surface area contributed by atoms with E-state index in [1.165, 1.54) is 0 Å². The van der Waals surface area contributed by atoms with Crippen LogP contribution < -0.4 is 15.4 Å². The molecule has 0 radical (unpaired) electrons. The smallest absolute Gasteiger partial charge is 0.231 e. The van der Waals surface area contributed by atoms with Crippen LogP contribution in [-0.4, -0.2) is 34.6 Å². The zero-order chi connectivity index (χ0) is 21.1. The zero-order valence-corrected chi connectivity index (χ0v) is 17.2. The highest BCUT2D eigenvalue weighted by molar-refractivity contribution is 7.92. The van der Waals surface area contributed by atoms with Gasteiger partial charge in [0.05, 0.1) is 24.3 Å². The van der Waals surface area contributed by atoms with Crippen LogP contribution in [0.1, 0.15) is 18.5 Å². The van der Waals surface area contributed by atoms with Crippen molar-refractivity contribution in [1.29, 1.82) is 0 Å². The summed E-state index contributed by atoms with van der Waals surface area (Å²) in [4.78, 5) is 16.3. The van der Waals surface area contributed by atoms with Crippen LogP contribution in [0, 0.1) is 0 Å². The Balaban J connectivity index is 1.62. The Hall–Kier alpha value is -3.66. The van der Waals surface area contributed by atoms with Gasteiger partial charge in [-0.1, -0.05) is 36.4 Å². The number of anilines is 4. The molecule has 2 aromatic carbocycles. The zero-order valence-electron chi connectivity index (χ0n) is 16.4. The lowest BCUT2D eigenvalue weighted by atomic mass is 10.1. The number of nitrogens with one attached hydrogen (secondary N) is 4. The summed E-state index contributed by atoms with van der Waals surface area (Å²) in [6, 6.07) is 16.9. The molecule has 4 N–H and O–H groups in total. The Labute approximate surface area is 174 Å². The van der Waals surface area contributed by atoms with Crippen LogP contribution in [0.25, 0.3) is 11.2 Å². The summed E-state index contributed by atoms with van der Waals surface area (Å²) >= 11 is 0. The highest BCUT2D eigenvalue weighted by atomic mass is 32.2. The molecule has 0 unspecified atom stereocenters. The second-order valence-corrected chi connectivity index (χ2v) is 8.60. The standard InChI is InChI=1S/C20H21N7O2S/c1-13(14-7-4-3-5-8-14)23-19-17-18(22-12-21-17)25-20(26-19)24-15-9-6-10-16(11-15)27-30(2,28)29/h3-13,27H,1-2H3,(H3,21,22,23,24,25,26)/t13-/m1/s1. The number of nitrogens with zero attached hydrogens (tertiary/aromatic N) is 3. The van der Waals surface area contributed by atoms with Gasteiger partial charge in [0.15, 0.2) is 11.5 Å². The maximum atomic E-state index is 11.5. The lowest BCUT2D eigenvalue weighted by Crippen LogP contribution is -2.10. The van der Waals surface area contributed by atoms with Gasteiger partial charge >= 0.3 is 0 Å². The van der Waals surface area contributed by atoms with Gasteiger partial charge in [-0.05, 0) is 30.7 Å². The van der Waals surface area contributed by atoms with E-state index in [1.807, 2.05) is 37.3 Å². The monoisotopic (exact) mass is 423 g/mol. The second-order valence-electron chi connectivity index (χ2n) is 6.85. The molecule has 154 valence electrons. The van der Waals surface area contributed by atoms with E-state index < -0.39 is 10.0 Å². The van der Waals surface area contributed by atoms with Crippen molar-refractivity contribution < 1.29 is 8.42 Å². The molecule has 2 aromatic heterocycles. The third kappa shape index (κ3) is 4.66. The summed E-state index contributed by atoms with van der Waals surface area (Å²) in [5.41, 5.74) is 3.43. The van der Waals surface area contributed by atoms with E-state index in [9.17, 15) is 8.42 Å². The molecule has 30 heavy (non-hydrogen) atoms. The Kier molecular flexibility index (Phi) is 5.23. The van der Waals surface area contributed by atoms with E-state index in [2.05, 4.69) is 35.3 Å². The minimum Gasteiger partial charge on any atom is -0.362 e. The number of H-pyrrole nitrogens is 1. The molecule has 0 bridgehead atoms. The van der Waals surface area contributed by atoms with Gasteiger partial charge in [0.1, 0.15) is 5.52 Å². The third-order valence-corrected chi connectivity index (χ3v) is 4.97. The maximum Gasteiger partial charge on any atom is 0.231 e. The van der Waals surface area contributed by atoms with Gasteiger partial charge in [-0.2, -0.15) is 9.97 Å². The number of aromatic amines is 1. The van der Waals surface area contributed by atoms with Crippen molar-refractivity contribution in [3.8, 4) is 0 Å². The summed E-state index contributed by atoms with van der Waals surface area (Å²) < 4.78 is 25.4. The van der Waals surface area contributed by atoms with Crippen LogP contribution in [0.4, 0.5) is 23.1 Å². The molecule has 0 aliphatic rings.